The second-order valence-corrected chi connectivity index (χ2v) is 7.03. The average molecular weight is 352 g/mol. The number of halogens is 1. The van der Waals surface area contributed by atoms with Gasteiger partial charge in [0, 0.05) is 29.9 Å². The molecule has 3 rings (SSSR count). The van der Waals surface area contributed by atoms with Crippen LogP contribution >= 0.6 is 22.9 Å². The number of rotatable bonds is 6. The third-order valence-electron chi connectivity index (χ3n) is 3.67. The van der Waals surface area contributed by atoms with E-state index in [4.69, 9.17) is 16.3 Å². The van der Waals surface area contributed by atoms with Crippen LogP contribution in [0.2, 0.25) is 4.47 Å². The van der Waals surface area contributed by atoms with Crippen molar-refractivity contribution in [2.45, 2.75) is 19.4 Å². The molecule has 2 heterocycles. The van der Waals surface area contributed by atoms with Crippen molar-refractivity contribution >= 4 is 34.5 Å². The van der Waals surface area contributed by atoms with Crippen molar-refractivity contribution < 1.29 is 9.53 Å². The van der Waals surface area contributed by atoms with Gasteiger partial charge in [0.05, 0.1) is 6.54 Å². The molecule has 1 amide bonds. The summed E-state index contributed by atoms with van der Waals surface area (Å²) in [5.74, 6) is 0.760. The van der Waals surface area contributed by atoms with Crippen LogP contribution in [0.3, 0.4) is 0 Å². The van der Waals surface area contributed by atoms with E-state index < -0.39 is 0 Å². The highest BCUT2D eigenvalue weighted by molar-refractivity contribution is 7.15. The Labute approximate surface area is 144 Å². The minimum absolute atomic E-state index is 0.0618. The summed E-state index contributed by atoms with van der Waals surface area (Å²) in [6, 6.07) is 7.58. The van der Waals surface area contributed by atoms with E-state index in [1.807, 2.05) is 29.2 Å². The van der Waals surface area contributed by atoms with Gasteiger partial charge < -0.3 is 15.0 Å². The normalized spacial score (nSPS) is 14.0. The van der Waals surface area contributed by atoms with Crippen LogP contribution < -0.4 is 10.1 Å². The molecule has 0 spiro atoms. The van der Waals surface area contributed by atoms with E-state index >= 15 is 0 Å². The Morgan fingerprint density at radius 2 is 2.04 bits per heavy atom. The molecule has 1 saturated heterocycles. The van der Waals surface area contributed by atoms with Crippen molar-refractivity contribution in [1.29, 1.82) is 0 Å². The fourth-order valence-electron chi connectivity index (χ4n) is 2.43. The van der Waals surface area contributed by atoms with Crippen molar-refractivity contribution in [3.05, 3.63) is 39.8 Å². The smallest absolute Gasteiger partial charge is 0.260 e. The molecule has 0 aliphatic carbocycles. The lowest BCUT2D eigenvalue weighted by atomic mass is 10.3. The maximum atomic E-state index is 11.9. The largest absolute Gasteiger partial charge is 0.484 e. The van der Waals surface area contributed by atoms with Gasteiger partial charge in [-0.3, -0.25) is 4.79 Å². The van der Waals surface area contributed by atoms with Crippen LogP contribution in [-0.2, 0) is 11.3 Å². The number of aromatic nitrogens is 1. The Balaban J connectivity index is 1.45. The molecule has 1 N–H and O–H groups in total. The van der Waals surface area contributed by atoms with E-state index in [-0.39, 0.29) is 12.5 Å². The average Bonchev–Trinajstić information content (AvgIpc) is 3.23. The summed E-state index contributed by atoms with van der Waals surface area (Å²) in [6.45, 7) is 2.49. The SMILES string of the molecule is O=C(COc1ccc(NCc2cnc(Cl)s2)cc1)N1CCCC1. The summed E-state index contributed by atoms with van der Waals surface area (Å²) in [6.07, 6.45) is 3.95. The van der Waals surface area contributed by atoms with Gasteiger partial charge in [-0.15, -0.1) is 11.3 Å². The summed E-state index contributed by atoms with van der Waals surface area (Å²) >= 11 is 7.26. The summed E-state index contributed by atoms with van der Waals surface area (Å²) in [7, 11) is 0. The number of hydrogen-bond acceptors (Lipinski definition) is 5. The van der Waals surface area contributed by atoms with Gasteiger partial charge in [-0.2, -0.15) is 0 Å². The molecule has 0 bridgehead atoms. The summed E-state index contributed by atoms with van der Waals surface area (Å²) in [5.41, 5.74) is 0.979. The first-order chi connectivity index (χ1) is 11.2. The topological polar surface area (TPSA) is 54.5 Å². The molecule has 0 atom stereocenters. The number of nitrogens with zero attached hydrogens (tertiary/aromatic N) is 2. The number of amides is 1. The molecule has 1 aliphatic rings. The van der Waals surface area contributed by atoms with Crippen LogP contribution in [0.1, 0.15) is 17.7 Å². The lowest BCUT2D eigenvalue weighted by Crippen LogP contribution is -2.32. The first-order valence-electron chi connectivity index (χ1n) is 7.55. The number of hydrogen-bond donors (Lipinski definition) is 1. The van der Waals surface area contributed by atoms with Crippen molar-refractivity contribution in [1.82, 2.24) is 9.88 Å². The van der Waals surface area contributed by atoms with Crippen LogP contribution in [0.15, 0.2) is 30.5 Å². The Kier molecular flexibility index (Phi) is 5.35. The summed E-state index contributed by atoms with van der Waals surface area (Å²) in [4.78, 5) is 18.9. The molecular weight excluding hydrogens is 334 g/mol. The Hall–Kier alpha value is -1.79. The molecule has 0 saturated carbocycles. The molecule has 0 unspecified atom stereocenters. The number of likely N-dealkylation sites (tertiary alicyclic amines) is 1. The minimum atomic E-state index is 0.0618. The summed E-state index contributed by atoms with van der Waals surface area (Å²) in [5, 5.41) is 3.29. The first-order valence-corrected chi connectivity index (χ1v) is 8.75. The molecular formula is C16H18ClN3O2S. The number of ether oxygens (including phenoxy) is 1. The fourth-order valence-corrected chi connectivity index (χ4v) is 3.34. The Bertz CT molecular complexity index is 654. The van der Waals surface area contributed by atoms with Gasteiger partial charge in [-0.05, 0) is 37.1 Å². The van der Waals surface area contributed by atoms with Gasteiger partial charge in [0.25, 0.3) is 5.91 Å². The van der Waals surface area contributed by atoms with Gasteiger partial charge in [-0.25, -0.2) is 4.98 Å². The zero-order valence-electron chi connectivity index (χ0n) is 12.6. The summed E-state index contributed by atoms with van der Waals surface area (Å²) < 4.78 is 6.11. The lowest BCUT2D eigenvalue weighted by Gasteiger charge is -2.15. The first kappa shape index (κ1) is 16.1. The Morgan fingerprint density at radius 1 is 1.30 bits per heavy atom. The standard InChI is InChI=1S/C16H18ClN3O2S/c17-16-19-10-14(23-16)9-18-12-3-5-13(6-4-12)22-11-15(21)20-7-1-2-8-20/h3-6,10,18H,1-2,7-9,11H2. The predicted molar refractivity (Wildman–Crippen MR) is 92.2 cm³/mol. The number of carbonyl (C=O) groups is 1. The number of nitrogens with one attached hydrogen (secondary N) is 1. The number of anilines is 1. The van der Waals surface area contributed by atoms with Crippen molar-refractivity contribution in [2.75, 3.05) is 25.0 Å². The van der Waals surface area contributed by atoms with E-state index in [0.29, 0.717) is 16.8 Å². The predicted octanol–water partition coefficient (Wildman–Crippen LogP) is 3.41. The zero-order chi connectivity index (χ0) is 16.1. The quantitative estimate of drug-likeness (QED) is 0.866. The molecule has 0 radical (unpaired) electrons. The molecule has 122 valence electrons. The van der Waals surface area contributed by atoms with Crippen LogP contribution in [0.25, 0.3) is 0 Å². The Morgan fingerprint density at radius 3 is 2.70 bits per heavy atom. The maximum Gasteiger partial charge on any atom is 0.260 e. The van der Waals surface area contributed by atoms with Crippen LogP contribution in [0.4, 0.5) is 5.69 Å². The van der Waals surface area contributed by atoms with Gasteiger partial charge in [0.2, 0.25) is 0 Å². The van der Waals surface area contributed by atoms with Gasteiger partial charge in [-0.1, -0.05) is 11.6 Å². The van der Waals surface area contributed by atoms with Crippen LogP contribution in [0.5, 0.6) is 5.75 Å². The van der Waals surface area contributed by atoms with E-state index in [1.54, 1.807) is 6.20 Å². The van der Waals surface area contributed by atoms with E-state index in [0.717, 1.165) is 36.5 Å². The molecule has 1 fully saturated rings. The molecule has 1 aromatic carbocycles. The second-order valence-electron chi connectivity index (χ2n) is 5.33. The van der Waals surface area contributed by atoms with Gasteiger partial charge >= 0.3 is 0 Å². The van der Waals surface area contributed by atoms with Gasteiger partial charge in [0.15, 0.2) is 11.1 Å². The fraction of sp³-hybridized carbons (Fsp3) is 0.375. The zero-order valence-corrected chi connectivity index (χ0v) is 14.2. The van der Waals surface area contributed by atoms with E-state index in [2.05, 4.69) is 10.3 Å². The third-order valence-corrected chi connectivity index (χ3v) is 4.78. The highest BCUT2D eigenvalue weighted by Crippen LogP contribution is 2.20. The highest BCUT2D eigenvalue weighted by atomic mass is 35.5. The monoisotopic (exact) mass is 351 g/mol. The van der Waals surface area contributed by atoms with Crippen LogP contribution in [0, 0.1) is 0 Å². The maximum absolute atomic E-state index is 11.9. The molecule has 5 nitrogen and oxygen atoms in total. The number of carbonyl (C=O) groups excluding carboxylic acids is 1. The molecule has 2 aromatic rings. The third kappa shape index (κ3) is 4.59. The number of thiazole rings is 1. The van der Waals surface area contributed by atoms with E-state index in [9.17, 15) is 4.79 Å². The molecule has 1 aromatic heterocycles. The number of benzene rings is 1. The second kappa shape index (κ2) is 7.66. The van der Waals surface area contributed by atoms with Crippen molar-refractivity contribution in [2.24, 2.45) is 0 Å². The minimum Gasteiger partial charge on any atom is -0.484 e. The van der Waals surface area contributed by atoms with Crippen molar-refractivity contribution in [3.8, 4) is 5.75 Å². The molecule has 23 heavy (non-hydrogen) atoms. The van der Waals surface area contributed by atoms with Gasteiger partial charge in [0.1, 0.15) is 5.75 Å². The van der Waals surface area contributed by atoms with Crippen LogP contribution in [-0.4, -0.2) is 35.5 Å². The van der Waals surface area contributed by atoms with E-state index in [1.165, 1.54) is 11.3 Å². The highest BCUT2D eigenvalue weighted by Gasteiger charge is 2.17. The lowest BCUT2D eigenvalue weighted by molar-refractivity contribution is -0.132. The molecule has 1 aliphatic heterocycles. The molecule has 7 heteroatoms. The van der Waals surface area contributed by atoms with Crippen molar-refractivity contribution in [3.63, 3.8) is 0 Å².